The number of nitrogens with zero attached hydrogens (tertiary/aromatic N) is 4. The molecule has 5 aromatic rings. The third-order valence-corrected chi connectivity index (χ3v) is 6.06. The van der Waals surface area contributed by atoms with E-state index < -0.39 is 17.7 Å². The Balaban J connectivity index is 1.40. The Morgan fingerprint density at radius 1 is 1.05 bits per heavy atom. The Hall–Kier alpha value is -4.20. The molecule has 1 amide bonds. The predicted octanol–water partition coefficient (Wildman–Crippen LogP) is 6.51. The lowest BCUT2D eigenvalue weighted by Gasteiger charge is -2.24. The summed E-state index contributed by atoms with van der Waals surface area (Å²) in [4.78, 5) is 16.8. The molecule has 0 saturated carbocycles. The van der Waals surface area contributed by atoms with Gasteiger partial charge in [0.1, 0.15) is 29.6 Å². The summed E-state index contributed by atoms with van der Waals surface area (Å²) < 4.78 is 13.2. The van der Waals surface area contributed by atoms with E-state index in [4.69, 9.17) is 9.15 Å². The van der Waals surface area contributed by atoms with Crippen molar-refractivity contribution in [3.8, 4) is 11.3 Å². The largest absolute Gasteiger partial charge is 0.444 e. The molecule has 0 bridgehead atoms. The molecule has 0 aliphatic heterocycles. The van der Waals surface area contributed by atoms with E-state index in [1.54, 1.807) is 10.9 Å². The average molecular weight is 498 g/mol. The van der Waals surface area contributed by atoms with E-state index in [1.165, 1.54) is 0 Å². The van der Waals surface area contributed by atoms with Gasteiger partial charge in [0.25, 0.3) is 0 Å². The second-order valence-corrected chi connectivity index (χ2v) is 10.5. The molecule has 0 unspecified atom stereocenters. The summed E-state index contributed by atoms with van der Waals surface area (Å²) in [5, 5.41) is 16.3. The topological polar surface area (TPSA) is 95.1 Å². The van der Waals surface area contributed by atoms with Crippen molar-refractivity contribution in [2.45, 2.75) is 52.8 Å². The first-order chi connectivity index (χ1) is 17.7. The molecule has 37 heavy (non-hydrogen) atoms. The third-order valence-electron chi connectivity index (χ3n) is 6.06. The maximum absolute atomic E-state index is 12.3. The zero-order chi connectivity index (χ0) is 26.2. The zero-order valence-corrected chi connectivity index (χ0v) is 21.7. The number of hydrogen-bond donors (Lipinski definition) is 1. The molecule has 8 heteroatoms. The van der Waals surface area contributed by atoms with E-state index in [-0.39, 0.29) is 5.92 Å². The number of aromatic nitrogens is 4. The highest BCUT2D eigenvalue weighted by Gasteiger charge is 2.26. The van der Waals surface area contributed by atoms with Gasteiger partial charge in [-0.2, -0.15) is 0 Å². The van der Waals surface area contributed by atoms with Crippen molar-refractivity contribution in [2.75, 3.05) is 0 Å². The zero-order valence-electron chi connectivity index (χ0n) is 21.7. The Bertz CT molecular complexity index is 1510. The van der Waals surface area contributed by atoms with Crippen LogP contribution >= 0.6 is 0 Å². The SMILES string of the molecule is CC(C)[C@H](NC(=O)OC(C)(C)C)c1ncc(Cn2cc(-c3c4ccccc4cc4ccccc34)nn2)o1. The summed E-state index contributed by atoms with van der Waals surface area (Å²) in [6.45, 7) is 9.82. The highest BCUT2D eigenvalue weighted by atomic mass is 16.6. The highest BCUT2D eigenvalue weighted by molar-refractivity contribution is 6.11. The van der Waals surface area contributed by atoms with Crippen LogP contribution in [0.15, 0.2) is 71.4 Å². The smallest absolute Gasteiger partial charge is 0.408 e. The third kappa shape index (κ3) is 5.33. The van der Waals surface area contributed by atoms with Crippen LogP contribution in [-0.2, 0) is 11.3 Å². The van der Waals surface area contributed by atoms with Crippen molar-refractivity contribution in [1.29, 1.82) is 0 Å². The molecule has 0 fully saturated rings. The number of nitrogens with one attached hydrogen (secondary N) is 1. The van der Waals surface area contributed by atoms with Gasteiger partial charge in [-0.15, -0.1) is 5.10 Å². The van der Waals surface area contributed by atoms with Crippen LogP contribution in [0.25, 0.3) is 32.8 Å². The molecule has 3 aromatic carbocycles. The first-order valence-electron chi connectivity index (χ1n) is 12.4. The Morgan fingerprint density at radius 3 is 2.32 bits per heavy atom. The fourth-order valence-corrected chi connectivity index (χ4v) is 4.43. The molecule has 0 aliphatic carbocycles. The van der Waals surface area contributed by atoms with Gasteiger partial charge in [-0.25, -0.2) is 14.5 Å². The standard InChI is InChI=1S/C29H31N5O3/c1-18(2)26(31-28(35)37-29(3,4)5)27-30-15-21(36-27)16-34-17-24(32-33-34)25-22-12-8-6-10-19(22)14-20-11-7-9-13-23(20)25/h6-15,17-18,26H,16H2,1-5H3,(H,31,35)/t26-/m0/s1. The van der Waals surface area contributed by atoms with Gasteiger partial charge in [0.15, 0.2) is 0 Å². The van der Waals surface area contributed by atoms with E-state index in [1.807, 2.05) is 65.1 Å². The Kier molecular flexibility index (Phi) is 6.41. The molecule has 0 radical (unpaired) electrons. The number of fused-ring (bicyclic) bond motifs is 2. The number of oxazole rings is 1. The number of ether oxygens (including phenoxy) is 1. The van der Waals surface area contributed by atoms with Crippen LogP contribution in [0.1, 0.15) is 52.3 Å². The highest BCUT2D eigenvalue weighted by Crippen LogP contribution is 2.35. The lowest BCUT2D eigenvalue weighted by molar-refractivity contribution is 0.0478. The number of carbonyl (C=O) groups is 1. The van der Waals surface area contributed by atoms with Crippen molar-refractivity contribution in [3.63, 3.8) is 0 Å². The van der Waals surface area contributed by atoms with Crippen molar-refractivity contribution in [1.82, 2.24) is 25.3 Å². The number of amides is 1. The number of hydrogen-bond acceptors (Lipinski definition) is 6. The first kappa shape index (κ1) is 24.5. The number of carbonyl (C=O) groups excluding carboxylic acids is 1. The van der Waals surface area contributed by atoms with Gasteiger partial charge in [-0.3, -0.25) is 0 Å². The lowest BCUT2D eigenvalue weighted by Crippen LogP contribution is -2.37. The van der Waals surface area contributed by atoms with Gasteiger partial charge in [0.2, 0.25) is 5.89 Å². The molecule has 190 valence electrons. The average Bonchev–Trinajstić information content (AvgIpc) is 3.49. The quantitative estimate of drug-likeness (QED) is 0.269. The summed E-state index contributed by atoms with van der Waals surface area (Å²) >= 11 is 0. The summed E-state index contributed by atoms with van der Waals surface area (Å²) in [7, 11) is 0. The molecule has 0 spiro atoms. The van der Waals surface area contributed by atoms with Crippen LogP contribution in [0.4, 0.5) is 4.79 Å². The molecule has 0 aliphatic rings. The minimum absolute atomic E-state index is 0.0524. The minimum atomic E-state index is -0.590. The Labute approximate surface area is 215 Å². The summed E-state index contributed by atoms with van der Waals surface area (Å²) in [5.41, 5.74) is 1.26. The van der Waals surface area contributed by atoms with E-state index in [2.05, 4.69) is 50.9 Å². The summed E-state index contributed by atoms with van der Waals surface area (Å²) in [6, 6.07) is 18.4. The number of rotatable bonds is 6. The predicted molar refractivity (Wildman–Crippen MR) is 143 cm³/mol. The van der Waals surface area contributed by atoms with Gasteiger partial charge in [0.05, 0.1) is 12.4 Å². The van der Waals surface area contributed by atoms with Crippen LogP contribution in [0.5, 0.6) is 0 Å². The minimum Gasteiger partial charge on any atom is -0.444 e. The van der Waals surface area contributed by atoms with Crippen LogP contribution in [0, 0.1) is 5.92 Å². The van der Waals surface area contributed by atoms with Gasteiger partial charge in [-0.1, -0.05) is 67.6 Å². The Morgan fingerprint density at radius 2 is 1.70 bits per heavy atom. The maximum Gasteiger partial charge on any atom is 0.408 e. The monoisotopic (exact) mass is 497 g/mol. The van der Waals surface area contributed by atoms with Crippen LogP contribution in [-0.4, -0.2) is 31.7 Å². The molecule has 2 heterocycles. The van der Waals surface area contributed by atoms with Crippen molar-refractivity contribution >= 4 is 27.6 Å². The van der Waals surface area contributed by atoms with E-state index in [0.29, 0.717) is 18.2 Å². The lowest BCUT2D eigenvalue weighted by atomic mass is 9.95. The molecule has 0 saturated heterocycles. The first-order valence-corrected chi connectivity index (χ1v) is 12.4. The molecule has 8 nitrogen and oxygen atoms in total. The molecule has 2 aromatic heterocycles. The molecule has 5 rings (SSSR count). The number of alkyl carbamates (subject to hydrolysis) is 1. The van der Waals surface area contributed by atoms with Gasteiger partial charge in [-0.05, 0) is 54.3 Å². The fraction of sp³-hybridized carbons (Fsp3) is 0.310. The van der Waals surface area contributed by atoms with E-state index in [0.717, 1.165) is 32.8 Å². The fourth-order valence-electron chi connectivity index (χ4n) is 4.43. The normalized spacial score (nSPS) is 12.8. The molecule has 1 N–H and O–H groups in total. The van der Waals surface area contributed by atoms with E-state index in [9.17, 15) is 4.79 Å². The molecule has 1 atom stereocenters. The summed E-state index contributed by atoms with van der Waals surface area (Å²) in [5.74, 6) is 1.10. The van der Waals surface area contributed by atoms with Gasteiger partial charge < -0.3 is 14.5 Å². The van der Waals surface area contributed by atoms with Crippen molar-refractivity contribution < 1.29 is 13.9 Å². The number of benzene rings is 3. The summed E-state index contributed by atoms with van der Waals surface area (Å²) in [6.07, 6.45) is 3.08. The van der Waals surface area contributed by atoms with Crippen molar-refractivity contribution in [3.05, 3.63) is 78.6 Å². The van der Waals surface area contributed by atoms with Crippen molar-refractivity contribution in [2.24, 2.45) is 5.92 Å². The maximum atomic E-state index is 12.3. The van der Waals surface area contributed by atoms with Crippen LogP contribution in [0.2, 0.25) is 0 Å². The van der Waals surface area contributed by atoms with Crippen LogP contribution < -0.4 is 5.32 Å². The molecular formula is C29H31N5O3. The van der Waals surface area contributed by atoms with Gasteiger partial charge >= 0.3 is 6.09 Å². The molecular weight excluding hydrogens is 466 g/mol. The second kappa shape index (κ2) is 9.69. The van der Waals surface area contributed by atoms with Gasteiger partial charge in [0, 0.05) is 5.56 Å². The van der Waals surface area contributed by atoms with E-state index >= 15 is 0 Å². The van der Waals surface area contributed by atoms with Crippen LogP contribution in [0.3, 0.4) is 0 Å². The second-order valence-electron chi connectivity index (χ2n) is 10.5.